The molecule has 1 unspecified atom stereocenters. The molecule has 2 amide bonds. The zero-order chi connectivity index (χ0) is 10.4. The van der Waals surface area contributed by atoms with E-state index in [0.717, 1.165) is 6.42 Å². The van der Waals surface area contributed by atoms with Gasteiger partial charge in [-0.3, -0.25) is 14.5 Å². The lowest BCUT2D eigenvalue weighted by molar-refractivity contribution is -0.137. The van der Waals surface area contributed by atoms with Crippen molar-refractivity contribution in [3.8, 4) is 0 Å². The number of hydrogen-bond acceptors (Lipinski definition) is 2. The van der Waals surface area contributed by atoms with E-state index in [9.17, 15) is 9.59 Å². The summed E-state index contributed by atoms with van der Waals surface area (Å²) in [5.74, 6) is 1.49. The van der Waals surface area contributed by atoms with Crippen molar-refractivity contribution in [3.63, 3.8) is 0 Å². The average molecular weight is 203 g/mol. The van der Waals surface area contributed by atoms with E-state index < -0.39 is 0 Å². The first kappa shape index (κ1) is 8.89. The molecule has 3 rings (SSSR count). The molecule has 78 valence electrons. The Morgan fingerprint density at radius 3 is 2.40 bits per heavy atom. The predicted molar refractivity (Wildman–Crippen MR) is 54.7 cm³/mol. The minimum Gasteiger partial charge on any atom is -0.275 e. The van der Waals surface area contributed by atoms with Crippen LogP contribution in [0.5, 0.6) is 0 Å². The Labute approximate surface area is 88.4 Å². The van der Waals surface area contributed by atoms with E-state index >= 15 is 0 Å². The fourth-order valence-electron chi connectivity index (χ4n) is 2.95. The maximum atomic E-state index is 11.4. The second kappa shape index (κ2) is 3.05. The zero-order valence-electron chi connectivity index (χ0n) is 8.43. The van der Waals surface area contributed by atoms with Crippen LogP contribution in [0, 0.1) is 17.8 Å². The first-order chi connectivity index (χ1) is 7.24. The highest BCUT2D eigenvalue weighted by Gasteiger charge is 2.38. The van der Waals surface area contributed by atoms with Crippen LogP contribution in [0.2, 0.25) is 0 Å². The maximum absolute atomic E-state index is 11.4. The van der Waals surface area contributed by atoms with E-state index in [4.69, 9.17) is 0 Å². The fraction of sp³-hybridized carbons (Fsp3) is 0.500. The van der Waals surface area contributed by atoms with Gasteiger partial charge in [-0.15, -0.1) is 0 Å². The molecule has 1 heterocycles. The molecule has 0 radical (unpaired) electrons. The molecule has 15 heavy (non-hydrogen) atoms. The number of nitrogens with zero attached hydrogens (tertiary/aromatic N) is 1. The van der Waals surface area contributed by atoms with Gasteiger partial charge in [-0.25, -0.2) is 0 Å². The Morgan fingerprint density at radius 2 is 1.87 bits per heavy atom. The molecule has 0 saturated heterocycles. The van der Waals surface area contributed by atoms with Crippen molar-refractivity contribution in [2.24, 2.45) is 17.8 Å². The van der Waals surface area contributed by atoms with Crippen molar-refractivity contribution in [2.75, 3.05) is 6.54 Å². The Bertz CT molecular complexity index is 365. The molecule has 0 aromatic heterocycles. The summed E-state index contributed by atoms with van der Waals surface area (Å²) in [6.07, 6.45) is 9.60. The largest absolute Gasteiger partial charge is 0.275 e. The molecule has 3 aliphatic rings. The molecule has 0 aromatic rings. The van der Waals surface area contributed by atoms with Gasteiger partial charge in [-0.1, -0.05) is 12.2 Å². The predicted octanol–water partition coefficient (Wildman–Crippen LogP) is 1.12. The summed E-state index contributed by atoms with van der Waals surface area (Å²) >= 11 is 0. The van der Waals surface area contributed by atoms with Gasteiger partial charge >= 0.3 is 0 Å². The smallest absolute Gasteiger partial charge is 0.253 e. The normalized spacial score (nSPS) is 37.3. The second-order valence-electron chi connectivity index (χ2n) is 4.66. The van der Waals surface area contributed by atoms with E-state index in [1.165, 1.54) is 23.5 Å². The fourth-order valence-corrected chi connectivity index (χ4v) is 2.95. The first-order valence-corrected chi connectivity index (χ1v) is 5.46. The van der Waals surface area contributed by atoms with Crippen LogP contribution in [0.1, 0.15) is 12.8 Å². The SMILES string of the molecule is O=C1C=CC(=O)N1CC1C[C@@H]2C=C[C@H]1C2. The van der Waals surface area contributed by atoms with E-state index in [-0.39, 0.29) is 11.8 Å². The summed E-state index contributed by atoms with van der Waals surface area (Å²) in [6.45, 7) is 0.607. The summed E-state index contributed by atoms with van der Waals surface area (Å²) in [5.41, 5.74) is 0. The Kier molecular flexibility index (Phi) is 1.81. The molecule has 3 nitrogen and oxygen atoms in total. The van der Waals surface area contributed by atoms with Crippen LogP contribution in [0.15, 0.2) is 24.3 Å². The number of rotatable bonds is 2. The third-order valence-electron chi connectivity index (χ3n) is 3.73. The molecule has 2 bridgehead atoms. The van der Waals surface area contributed by atoms with Crippen molar-refractivity contribution in [1.29, 1.82) is 0 Å². The monoisotopic (exact) mass is 203 g/mol. The lowest BCUT2D eigenvalue weighted by atomic mass is 9.93. The molecular weight excluding hydrogens is 190 g/mol. The van der Waals surface area contributed by atoms with Gasteiger partial charge in [0.15, 0.2) is 0 Å². The van der Waals surface area contributed by atoms with E-state index in [0.29, 0.717) is 24.3 Å². The van der Waals surface area contributed by atoms with Gasteiger partial charge in [-0.05, 0) is 30.6 Å². The van der Waals surface area contributed by atoms with Crippen molar-refractivity contribution in [2.45, 2.75) is 12.8 Å². The maximum Gasteiger partial charge on any atom is 0.253 e. The molecule has 1 fully saturated rings. The molecule has 3 heteroatoms. The average Bonchev–Trinajstić information content (AvgIpc) is 2.89. The molecule has 3 atom stereocenters. The van der Waals surface area contributed by atoms with E-state index in [2.05, 4.69) is 12.2 Å². The molecule has 0 spiro atoms. The molecule has 2 aliphatic carbocycles. The Balaban J connectivity index is 1.69. The lowest BCUT2D eigenvalue weighted by Crippen LogP contribution is -2.35. The van der Waals surface area contributed by atoms with E-state index in [1.54, 1.807) is 0 Å². The zero-order valence-corrected chi connectivity index (χ0v) is 8.43. The number of carbonyl (C=O) groups is 2. The summed E-state index contributed by atoms with van der Waals surface area (Å²) in [7, 11) is 0. The summed E-state index contributed by atoms with van der Waals surface area (Å²) in [6, 6.07) is 0. The van der Waals surface area contributed by atoms with Gasteiger partial charge in [0, 0.05) is 18.7 Å². The molecule has 1 saturated carbocycles. The highest BCUT2D eigenvalue weighted by Crippen LogP contribution is 2.43. The molecule has 1 aliphatic heterocycles. The van der Waals surface area contributed by atoms with Crippen LogP contribution in [-0.4, -0.2) is 23.3 Å². The topological polar surface area (TPSA) is 37.4 Å². The van der Waals surface area contributed by atoms with Crippen molar-refractivity contribution >= 4 is 11.8 Å². The second-order valence-corrected chi connectivity index (χ2v) is 4.66. The van der Waals surface area contributed by atoms with Crippen molar-refractivity contribution < 1.29 is 9.59 Å². The van der Waals surface area contributed by atoms with Gasteiger partial charge in [0.1, 0.15) is 0 Å². The van der Waals surface area contributed by atoms with Crippen LogP contribution in [-0.2, 0) is 9.59 Å². The van der Waals surface area contributed by atoms with Crippen LogP contribution >= 0.6 is 0 Å². The number of hydrogen-bond donors (Lipinski definition) is 0. The number of carbonyl (C=O) groups excluding carboxylic acids is 2. The van der Waals surface area contributed by atoms with Crippen LogP contribution in [0.25, 0.3) is 0 Å². The van der Waals surface area contributed by atoms with Gasteiger partial charge in [0.2, 0.25) is 0 Å². The number of amides is 2. The van der Waals surface area contributed by atoms with Gasteiger partial charge in [0.05, 0.1) is 0 Å². The number of imide groups is 1. The quantitative estimate of drug-likeness (QED) is 0.498. The molecule has 0 aromatic carbocycles. The summed E-state index contributed by atoms with van der Waals surface area (Å²) in [5, 5.41) is 0. The number of fused-ring (bicyclic) bond motifs is 2. The van der Waals surface area contributed by atoms with Crippen LogP contribution in [0.3, 0.4) is 0 Å². The summed E-state index contributed by atoms with van der Waals surface area (Å²) in [4.78, 5) is 24.1. The first-order valence-electron chi connectivity index (χ1n) is 5.46. The van der Waals surface area contributed by atoms with Crippen LogP contribution in [0.4, 0.5) is 0 Å². The number of allylic oxidation sites excluding steroid dienone is 2. The molecular formula is C12H13NO2. The highest BCUT2D eigenvalue weighted by atomic mass is 16.2. The van der Waals surface area contributed by atoms with Crippen molar-refractivity contribution in [3.05, 3.63) is 24.3 Å². The van der Waals surface area contributed by atoms with Crippen molar-refractivity contribution in [1.82, 2.24) is 4.90 Å². The third kappa shape index (κ3) is 1.34. The Hall–Kier alpha value is -1.38. The minimum atomic E-state index is -0.147. The van der Waals surface area contributed by atoms with Gasteiger partial charge < -0.3 is 0 Å². The third-order valence-corrected chi connectivity index (χ3v) is 3.73. The summed E-state index contributed by atoms with van der Waals surface area (Å²) < 4.78 is 0. The minimum absolute atomic E-state index is 0.147. The Morgan fingerprint density at radius 1 is 1.13 bits per heavy atom. The van der Waals surface area contributed by atoms with Crippen LogP contribution < -0.4 is 0 Å². The van der Waals surface area contributed by atoms with Gasteiger partial charge in [0.25, 0.3) is 11.8 Å². The lowest BCUT2D eigenvalue weighted by Gasteiger charge is -2.23. The highest BCUT2D eigenvalue weighted by molar-refractivity contribution is 6.12. The molecule has 0 N–H and O–H groups in total. The van der Waals surface area contributed by atoms with Gasteiger partial charge in [-0.2, -0.15) is 0 Å². The van der Waals surface area contributed by atoms with E-state index in [1.807, 2.05) is 0 Å². The standard InChI is InChI=1S/C12H13NO2/c14-11-3-4-12(15)13(11)7-10-6-8-1-2-9(10)5-8/h1-4,8-10H,5-7H2/t8-,9+,10?/m1/s1.